The van der Waals surface area contributed by atoms with Crippen molar-refractivity contribution in [3.05, 3.63) is 88.0 Å². The molecule has 42 heavy (non-hydrogen) atoms. The van der Waals surface area contributed by atoms with Gasteiger partial charge in [0.15, 0.2) is 0 Å². The lowest BCUT2D eigenvalue weighted by Gasteiger charge is -2.38. The number of hydrogen-bond acceptors (Lipinski definition) is 7. The minimum absolute atomic E-state index is 0.0733. The van der Waals surface area contributed by atoms with E-state index in [4.69, 9.17) is 37.0 Å². The second-order valence-electron chi connectivity index (χ2n) is 8.31. The van der Waals surface area contributed by atoms with Crippen LogP contribution >= 0.6 is 0 Å². The number of phenols is 1. The molecule has 0 bridgehead atoms. The van der Waals surface area contributed by atoms with Gasteiger partial charge >= 0.3 is 36.2 Å². The Morgan fingerprint density at radius 1 is 0.548 bits per heavy atom. The molecule has 0 aromatic heterocycles. The summed E-state index contributed by atoms with van der Waals surface area (Å²) in [5.74, 6) is -8.09. The Morgan fingerprint density at radius 2 is 0.905 bits per heavy atom. The largest absolute Gasteiger partial charge is 0.506 e. The number of aromatic carboxylic acids is 4. The van der Waals surface area contributed by atoms with Crippen molar-refractivity contribution >= 4 is 35.3 Å². The van der Waals surface area contributed by atoms with Gasteiger partial charge in [0.25, 0.3) is 0 Å². The average Bonchev–Trinajstić information content (AvgIpc) is 2.85. The lowest BCUT2D eigenvalue weighted by Crippen LogP contribution is -2.55. The maximum Gasteiger partial charge on any atom is 0.411 e. The number of rotatable bonds is 6. The van der Waals surface area contributed by atoms with Crippen molar-refractivity contribution in [1.29, 1.82) is 0 Å². The van der Waals surface area contributed by atoms with Crippen molar-refractivity contribution in [2.75, 3.05) is 11.5 Å². The standard InChI is InChI=1S/C19H10F6O8.C6H8N2O/c20-18(21,22)17(19(23,24)25,7-1-3-9(13(26)27)11(5-7)15(30)31)8-2-4-10(14(28)29)12(6-8)16(32)33;7-4-1-2-6(9)5(8)3-4/h1-6H,(H,26,27)(H,28,29)(H,30,31)(H,32,33);1-3,9H,7-8H2. The summed E-state index contributed by atoms with van der Waals surface area (Å²) in [7, 11) is 0. The van der Waals surface area contributed by atoms with Gasteiger partial charge in [-0.05, 0) is 53.6 Å². The van der Waals surface area contributed by atoms with Crippen LogP contribution in [0, 0.1) is 0 Å². The number of carboxylic acid groups (broad SMARTS) is 4. The van der Waals surface area contributed by atoms with Crippen molar-refractivity contribution in [3.8, 4) is 5.75 Å². The molecule has 11 nitrogen and oxygen atoms in total. The Hall–Kier alpha value is -5.48. The van der Waals surface area contributed by atoms with Crippen molar-refractivity contribution < 1.29 is 71.1 Å². The molecule has 0 aliphatic carbocycles. The Morgan fingerprint density at radius 3 is 1.17 bits per heavy atom. The summed E-state index contributed by atoms with van der Waals surface area (Å²) in [6.07, 6.45) is -12.5. The van der Waals surface area contributed by atoms with E-state index in [1.165, 1.54) is 12.1 Å². The van der Waals surface area contributed by atoms with Crippen LogP contribution in [0.1, 0.15) is 52.6 Å². The van der Waals surface area contributed by atoms with E-state index >= 15 is 0 Å². The molecule has 0 aliphatic rings. The van der Waals surface area contributed by atoms with Gasteiger partial charge in [0, 0.05) is 5.69 Å². The molecule has 9 N–H and O–H groups in total. The first-order chi connectivity index (χ1) is 19.2. The predicted molar refractivity (Wildman–Crippen MR) is 131 cm³/mol. The van der Waals surface area contributed by atoms with E-state index in [0.29, 0.717) is 11.4 Å². The first kappa shape index (κ1) is 32.7. The minimum Gasteiger partial charge on any atom is -0.506 e. The molecular weight excluding hydrogens is 586 g/mol. The molecule has 0 unspecified atom stereocenters. The van der Waals surface area contributed by atoms with Crippen molar-refractivity contribution in [2.45, 2.75) is 17.8 Å². The molecule has 3 aromatic carbocycles. The van der Waals surface area contributed by atoms with Gasteiger partial charge in [-0.3, -0.25) is 0 Å². The monoisotopic (exact) mass is 604 g/mol. The molecular formula is C25H18F6N2O9. The van der Waals surface area contributed by atoms with Crippen molar-refractivity contribution in [2.24, 2.45) is 0 Å². The molecule has 0 aliphatic heterocycles. The van der Waals surface area contributed by atoms with Gasteiger partial charge in [-0.25, -0.2) is 19.2 Å². The Kier molecular flexibility index (Phi) is 9.01. The molecule has 3 aromatic rings. The van der Waals surface area contributed by atoms with Crippen molar-refractivity contribution in [1.82, 2.24) is 0 Å². The first-order valence-corrected chi connectivity index (χ1v) is 10.9. The predicted octanol–water partition coefficient (Wildman–Crippen LogP) is 4.45. The fourth-order valence-electron chi connectivity index (χ4n) is 3.84. The molecule has 0 fully saturated rings. The van der Waals surface area contributed by atoms with E-state index in [-0.39, 0.29) is 42.1 Å². The Labute approximate surface area is 229 Å². The van der Waals surface area contributed by atoms with Crippen molar-refractivity contribution in [3.63, 3.8) is 0 Å². The number of halogens is 6. The summed E-state index contributed by atoms with van der Waals surface area (Å²) in [6.45, 7) is 0. The highest BCUT2D eigenvalue weighted by molar-refractivity contribution is 6.03. The summed E-state index contributed by atoms with van der Waals surface area (Å²) in [6, 6.07) is 4.97. The highest BCUT2D eigenvalue weighted by Crippen LogP contribution is 2.56. The molecule has 0 heterocycles. The highest BCUT2D eigenvalue weighted by Gasteiger charge is 2.72. The number of anilines is 2. The molecule has 0 saturated heterocycles. The third-order valence-corrected chi connectivity index (χ3v) is 5.73. The van der Waals surface area contributed by atoms with E-state index in [9.17, 15) is 45.5 Å². The van der Waals surface area contributed by atoms with Crippen LogP contribution in [0.3, 0.4) is 0 Å². The van der Waals surface area contributed by atoms with Crippen LogP contribution in [0.25, 0.3) is 0 Å². The smallest absolute Gasteiger partial charge is 0.411 e. The van der Waals surface area contributed by atoms with Crippen LogP contribution in [0.2, 0.25) is 0 Å². The Balaban J connectivity index is 0.000000581. The van der Waals surface area contributed by atoms with E-state index in [0.717, 1.165) is 0 Å². The number of carboxylic acids is 4. The number of carbonyl (C=O) groups is 4. The summed E-state index contributed by atoms with van der Waals surface area (Å²) < 4.78 is 85.1. The molecule has 17 heteroatoms. The number of benzene rings is 3. The van der Waals surface area contributed by atoms with E-state index in [1.807, 2.05) is 0 Å². The summed E-state index contributed by atoms with van der Waals surface area (Å²) in [4.78, 5) is 45.0. The van der Waals surface area contributed by atoms with Crippen LogP contribution in [-0.2, 0) is 5.41 Å². The number of phenolic OH excluding ortho intramolecular Hbond substituents is 1. The zero-order valence-electron chi connectivity index (χ0n) is 20.5. The van der Waals surface area contributed by atoms with E-state index in [1.54, 1.807) is 6.07 Å². The molecule has 0 spiro atoms. The van der Waals surface area contributed by atoms with E-state index < -0.39 is 75.0 Å². The number of hydrogen-bond donors (Lipinski definition) is 7. The summed E-state index contributed by atoms with van der Waals surface area (Å²) in [5, 5.41) is 45.1. The van der Waals surface area contributed by atoms with Gasteiger partial charge in [0.2, 0.25) is 5.41 Å². The second kappa shape index (κ2) is 11.6. The number of nitrogen functional groups attached to an aromatic ring is 2. The molecule has 0 radical (unpaired) electrons. The summed E-state index contributed by atoms with van der Waals surface area (Å²) >= 11 is 0. The number of nitrogens with two attached hydrogens (primary N) is 2. The molecule has 3 rings (SSSR count). The zero-order chi connectivity index (χ0) is 32.4. The SMILES string of the molecule is Nc1ccc(O)c(N)c1.O=C(O)c1ccc(C(c2ccc(C(=O)O)c(C(=O)O)c2)(C(F)(F)F)C(F)(F)F)cc1C(=O)O. The molecule has 0 amide bonds. The third-order valence-electron chi connectivity index (χ3n) is 5.73. The van der Waals surface area contributed by atoms with Gasteiger partial charge in [-0.1, -0.05) is 12.1 Å². The van der Waals surface area contributed by atoms with Crippen LogP contribution in [-0.4, -0.2) is 61.8 Å². The summed E-state index contributed by atoms with van der Waals surface area (Å²) in [5.41, 5.74) is -2.07. The van der Waals surface area contributed by atoms with Gasteiger partial charge in [-0.15, -0.1) is 0 Å². The maximum atomic E-state index is 14.2. The van der Waals surface area contributed by atoms with Crippen LogP contribution in [0.5, 0.6) is 5.75 Å². The van der Waals surface area contributed by atoms with E-state index in [2.05, 4.69) is 0 Å². The third kappa shape index (κ3) is 6.13. The fourth-order valence-corrected chi connectivity index (χ4v) is 3.84. The van der Waals surface area contributed by atoms with Gasteiger partial charge in [-0.2, -0.15) is 26.3 Å². The van der Waals surface area contributed by atoms with Gasteiger partial charge in [0.05, 0.1) is 27.9 Å². The van der Waals surface area contributed by atoms with Crippen LogP contribution in [0.15, 0.2) is 54.6 Å². The minimum atomic E-state index is -6.27. The zero-order valence-corrected chi connectivity index (χ0v) is 20.5. The molecule has 0 atom stereocenters. The second-order valence-corrected chi connectivity index (χ2v) is 8.31. The lowest BCUT2D eigenvalue weighted by atomic mass is 9.71. The maximum absolute atomic E-state index is 14.2. The quantitative estimate of drug-likeness (QED) is 0.0901. The number of alkyl halides is 6. The van der Waals surface area contributed by atoms with Gasteiger partial charge < -0.3 is 37.0 Å². The normalized spacial score (nSPS) is 11.7. The highest BCUT2D eigenvalue weighted by atomic mass is 19.4. The lowest BCUT2D eigenvalue weighted by molar-refractivity contribution is -0.288. The topological polar surface area (TPSA) is 221 Å². The fraction of sp³-hybridized carbons (Fsp3) is 0.120. The molecule has 0 saturated carbocycles. The number of aromatic hydroxyl groups is 1. The van der Waals surface area contributed by atoms with Crippen LogP contribution in [0.4, 0.5) is 37.7 Å². The average molecular weight is 604 g/mol. The molecule has 224 valence electrons. The Bertz CT molecular complexity index is 1480. The first-order valence-electron chi connectivity index (χ1n) is 10.9. The van der Waals surface area contributed by atoms with Gasteiger partial charge in [0.1, 0.15) is 5.75 Å². The van der Waals surface area contributed by atoms with Crippen LogP contribution < -0.4 is 11.5 Å².